The molecule has 0 aliphatic carbocycles. The summed E-state index contributed by atoms with van der Waals surface area (Å²) >= 11 is 2.18. The van der Waals surface area contributed by atoms with Gasteiger partial charge < -0.3 is 10.6 Å². The summed E-state index contributed by atoms with van der Waals surface area (Å²) in [7, 11) is -1.35. The molecule has 0 aromatic heterocycles. The van der Waals surface area contributed by atoms with E-state index in [1.165, 1.54) is 0 Å². The molecule has 1 atom stereocenters. The second-order valence-corrected chi connectivity index (χ2v) is 9.37. The minimum atomic E-state index is -3.02. The number of benzene rings is 1. The lowest BCUT2D eigenvalue weighted by atomic mass is 10.2. The van der Waals surface area contributed by atoms with Crippen LogP contribution in [0.15, 0.2) is 24.3 Å². The van der Waals surface area contributed by atoms with Gasteiger partial charge in [0, 0.05) is 15.3 Å². The number of halogens is 1. The lowest BCUT2D eigenvalue weighted by Crippen LogP contribution is -2.43. The molecule has 2 rings (SSSR count). The number of hydrogen-bond acceptors (Lipinski definition) is 5. The van der Waals surface area contributed by atoms with E-state index in [1.54, 1.807) is 11.9 Å². The fraction of sp³-hybridized carbons (Fsp3) is 0.467. The lowest BCUT2D eigenvalue weighted by Gasteiger charge is -2.17. The maximum absolute atomic E-state index is 12.0. The second-order valence-electron chi connectivity index (χ2n) is 5.89. The number of hydrogen-bond donors (Lipinski definition) is 2. The average Bonchev–Trinajstić information content (AvgIpc) is 2.79. The van der Waals surface area contributed by atoms with Crippen molar-refractivity contribution in [2.24, 2.45) is 0 Å². The van der Waals surface area contributed by atoms with Gasteiger partial charge in [0.05, 0.1) is 24.6 Å². The van der Waals surface area contributed by atoms with Crippen LogP contribution in [-0.2, 0) is 19.4 Å². The zero-order valence-corrected chi connectivity index (χ0v) is 16.3. The monoisotopic (exact) mass is 465 g/mol. The molecular formula is C15H20IN3O4S. The van der Waals surface area contributed by atoms with Gasteiger partial charge in [0.2, 0.25) is 11.8 Å². The molecule has 1 aliphatic rings. The quantitative estimate of drug-likeness (QED) is 0.596. The Bertz CT molecular complexity index is 706. The van der Waals surface area contributed by atoms with Crippen LogP contribution in [0.3, 0.4) is 0 Å². The summed E-state index contributed by atoms with van der Waals surface area (Å²) < 4.78 is 23.8. The van der Waals surface area contributed by atoms with E-state index < -0.39 is 9.84 Å². The van der Waals surface area contributed by atoms with Crippen molar-refractivity contribution in [1.29, 1.82) is 0 Å². The first-order valence-electron chi connectivity index (χ1n) is 7.47. The zero-order valence-electron chi connectivity index (χ0n) is 13.3. The van der Waals surface area contributed by atoms with E-state index in [-0.39, 0.29) is 42.5 Å². The van der Waals surface area contributed by atoms with Crippen LogP contribution in [0.25, 0.3) is 0 Å². The maximum Gasteiger partial charge on any atom is 0.238 e. The zero-order chi connectivity index (χ0) is 17.7. The lowest BCUT2D eigenvalue weighted by molar-refractivity contribution is -0.123. The van der Waals surface area contributed by atoms with Crippen LogP contribution < -0.4 is 10.6 Å². The van der Waals surface area contributed by atoms with Gasteiger partial charge in [-0.1, -0.05) is 0 Å². The fourth-order valence-electron chi connectivity index (χ4n) is 2.46. The van der Waals surface area contributed by atoms with Gasteiger partial charge in [-0.15, -0.1) is 0 Å². The fourth-order valence-corrected chi connectivity index (χ4v) is 4.50. The Morgan fingerprint density at radius 1 is 1.21 bits per heavy atom. The highest BCUT2D eigenvalue weighted by molar-refractivity contribution is 14.1. The molecular weight excluding hydrogens is 445 g/mol. The third-order valence-corrected chi connectivity index (χ3v) is 6.04. The summed E-state index contributed by atoms with van der Waals surface area (Å²) in [6.45, 7) is 0.110. The molecule has 1 aromatic rings. The molecule has 2 amide bonds. The largest absolute Gasteiger partial charge is 0.351 e. The number of amides is 2. The highest BCUT2D eigenvalue weighted by Gasteiger charge is 2.29. The molecule has 0 bridgehead atoms. The molecule has 0 spiro atoms. The van der Waals surface area contributed by atoms with Gasteiger partial charge in [-0.3, -0.25) is 14.5 Å². The smallest absolute Gasteiger partial charge is 0.238 e. The van der Waals surface area contributed by atoms with E-state index in [4.69, 9.17) is 0 Å². The van der Waals surface area contributed by atoms with Crippen LogP contribution in [0.2, 0.25) is 0 Å². The van der Waals surface area contributed by atoms with E-state index >= 15 is 0 Å². The standard InChI is InChI=1S/C15H20IN3O4S/c1-19(8-14(20)17-12-4-2-11(16)3-5-12)9-15(21)18-13-6-7-24(22,23)10-13/h2-5,13H,6-10H2,1H3,(H,17,20)(H,18,21). The van der Waals surface area contributed by atoms with Crippen molar-refractivity contribution < 1.29 is 18.0 Å². The van der Waals surface area contributed by atoms with E-state index in [1.807, 2.05) is 24.3 Å². The molecule has 1 aromatic carbocycles. The van der Waals surface area contributed by atoms with Crippen molar-refractivity contribution in [3.05, 3.63) is 27.8 Å². The van der Waals surface area contributed by atoms with Crippen LogP contribution in [0.1, 0.15) is 6.42 Å². The number of sulfone groups is 1. The molecule has 7 nitrogen and oxygen atoms in total. The molecule has 1 fully saturated rings. The molecule has 1 heterocycles. The normalized spacial score (nSPS) is 19.2. The molecule has 1 saturated heterocycles. The first-order chi connectivity index (χ1) is 11.2. The van der Waals surface area contributed by atoms with Gasteiger partial charge in [-0.05, 0) is 60.3 Å². The topological polar surface area (TPSA) is 95.6 Å². The summed E-state index contributed by atoms with van der Waals surface area (Å²) in [5.74, 6) is -0.376. The molecule has 0 radical (unpaired) electrons. The number of carbonyl (C=O) groups excluding carboxylic acids is 2. The molecule has 24 heavy (non-hydrogen) atoms. The van der Waals surface area contributed by atoms with Gasteiger partial charge in [0.1, 0.15) is 0 Å². The van der Waals surface area contributed by atoms with Gasteiger partial charge >= 0.3 is 0 Å². The van der Waals surface area contributed by atoms with E-state index in [0.717, 1.165) is 3.57 Å². The van der Waals surface area contributed by atoms with Crippen LogP contribution in [0, 0.1) is 3.57 Å². The summed E-state index contributed by atoms with van der Waals surface area (Å²) in [4.78, 5) is 25.5. The van der Waals surface area contributed by atoms with Crippen molar-refractivity contribution in [3.63, 3.8) is 0 Å². The van der Waals surface area contributed by atoms with Crippen LogP contribution in [-0.4, -0.2) is 62.8 Å². The Labute approximate surface area is 155 Å². The molecule has 1 unspecified atom stereocenters. The Balaban J connectivity index is 1.73. The third-order valence-electron chi connectivity index (χ3n) is 3.55. The average molecular weight is 465 g/mol. The molecule has 0 saturated carbocycles. The second kappa shape index (κ2) is 8.26. The predicted octanol–water partition coefficient (Wildman–Crippen LogP) is 0.465. The third kappa shape index (κ3) is 6.36. The molecule has 9 heteroatoms. The summed E-state index contributed by atoms with van der Waals surface area (Å²) in [5.41, 5.74) is 0.703. The van der Waals surface area contributed by atoms with E-state index in [9.17, 15) is 18.0 Å². The predicted molar refractivity (Wildman–Crippen MR) is 100 cm³/mol. The van der Waals surface area contributed by atoms with Gasteiger partial charge in [0.25, 0.3) is 0 Å². The number of likely N-dealkylation sites (N-methyl/N-ethyl adjacent to an activating group) is 1. The van der Waals surface area contributed by atoms with Crippen molar-refractivity contribution in [2.45, 2.75) is 12.5 Å². The Morgan fingerprint density at radius 2 is 1.83 bits per heavy atom. The number of rotatable bonds is 6. The molecule has 132 valence electrons. The van der Waals surface area contributed by atoms with Gasteiger partial charge in [-0.25, -0.2) is 8.42 Å². The Hall–Kier alpha value is -1.20. The SMILES string of the molecule is CN(CC(=O)Nc1ccc(I)cc1)CC(=O)NC1CCS(=O)(=O)C1. The van der Waals surface area contributed by atoms with Crippen LogP contribution >= 0.6 is 22.6 Å². The van der Waals surface area contributed by atoms with Crippen molar-refractivity contribution in [2.75, 3.05) is 37.0 Å². The summed E-state index contributed by atoms with van der Waals surface area (Å²) in [6, 6.07) is 7.09. The minimum Gasteiger partial charge on any atom is -0.351 e. The first-order valence-corrected chi connectivity index (χ1v) is 10.4. The first kappa shape index (κ1) is 19.1. The highest BCUT2D eigenvalue weighted by Crippen LogP contribution is 2.12. The number of carbonyl (C=O) groups is 2. The highest BCUT2D eigenvalue weighted by atomic mass is 127. The van der Waals surface area contributed by atoms with Gasteiger partial charge in [0.15, 0.2) is 9.84 Å². The number of nitrogens with zero attached hydrogens (tertiary/aromatic N) is 1. The van der Waals surface area contributed by atoms with Crippen molar-refractivity contribution in [3.8, 4) is 0 Å². The van der Waals surface area contributed by atoms with E-state index in [0.29, 0.717) is 12.1 Å². The van der Waals surface area contributed by atoms with Crippen LogP contribution in [0.5, 0.6) is 0 Å². The number of anilines is 1. The number of nitrogens with one attached hydrogen (secondary N) is 2. The minimum absolute atomic E-state index is 0.00422. The Kier molecular flexibility index (Phi) is 6.58. The van der Waals surface area contributed by atoms with Crippen molar-refractivity contribution >= 4 is 49.9 Å². The molecule has 2 N–H and O–H groups in total. The summed E-state index contributed by atoms with van der Waals surface area (Å²) in [5, 5.41) is 5.46. The van der Waals surface area contributed by atoms with Crippen molar-refractivity contribution in [1.82, 2.24) is 10.2 Å². The molecule has 1 aliphatic heterocycles. The maximum atomic E-state index is 12.0. The van der Waals surface area contributed by atoms with E-state index in [2.05, 4.69) is 33.2 Å². The summed E-state index contributed by atoms with van der Waals surface area (Å²) in [6.07, 6.45) is 0.449. The van der Waals surface area contributed by atoms with Crippen LogP contribution in [0.4, 0.5) is 5.69 Å². The van der Waals surface area contributed by atoms with Gasteiger partial charge in [-0.2, -0.15) is 0 Å². The Morgan fingerprint density at radius 3 is 2.42 bits per heavy atom.